The highest BCUT2D eigenvalue weighted by atomic mass is 16.5. The van der Waals surface area contributed by atoms with Gasteiger partial charge in [0.25, 0.3) is 5.91 Å². The average Bonchev–Trinajstić information content (AvgIpc) is 3.27. The van der Waals surface area contributed by atoms with E-state index in [1.165, 1.54) is 17.0 Å². The Morgan fingerprint density at radius 2 is 1.82 bits per heavy atom. The second-order valence-corrected chi connectivity index (χ2v) is 7.77. The van der Waals surface area contributed by atoms with Crippen LogP contribution in [0.15, 0.2) is 85.1 Å². The van der Waals surface area contributed by atoms with E-state index in [1.807, 2.05) is 48.5 Å². The van der Waals surface area contributed by atoms with Crippen LogP contribution in [0.25, 0.3) is 17.0 Å². The smallest absolute Gasteiger partial charge is 0.267 e. The molecule has 1 amide bonds. The van der Waals surface area contributed by atoms with Crippen molar-refractivity contribution in [1.82, 2.24) is 15.8 Å². The first-order chi connectivity index (χ1) is 16.2. The first kappa shape index (κ1) is 22.3. The van der Waals surface area contributed by atoms with Crippen LogP contribution in [-0.4, -0.2) is 22.6 Å². The van der Waals surface area contributed by atoms with Gasteiger partial charge in [-0.05, 0) is 59.5 Å². The highest BCUT2D eigenvalue weighted by molar-refractivity contribution is 5.90. The molecule has 4 aromatic rings. The Hall–Kier alpha value is -3.87. The number of amides is 1. The molecule has 0 spiro atoms. The third-order valence-corrected chi connectivity index (χ3v) is 5.40. The van der Waals surface area contributed by atoms with Crippen molar-refractivity contribution < 1.29 is 14.7 Å². The van der Waals surface area contributed by atoms with Crippen LogP contribution in [0.2, 0.25) is 0 Å². The van der Waals surface area contributed by atoms with E-state index in [9.17, 15) is 4.79 Å². The molecule has 0 bridgehead atoms. The Bertz CT molecular complexity index is 1210. The van der Waals surface area contributed by atoms with Gasteiger partial charge in [-0.15, -0.1) is 0 Å². The maximum atomic E-state index is 11.0. The van der Waals surface area contributed by atoms with E-state index >= 15 is 0 Å². The van der Waals surface area contributed by atoms with E-state index < -0.39 is 5.91 Å². The predicted octanol–water partition coefficient (Wildman–Crippen LogP) is 4.60. The number of fused-ring (bicyclic) bond motifs is 1. The Kier molecular flexibility index (Phi) is 7.53. The number of H-pyrrole nitrogens is 1. The predicted molar refractivity (Wildman–Crippen MR) is 130 cm³/mol. The van der Waals surface area contributed by atoms with E-state index in [0.717, 1.165) is 47.5 Å². The molecule has 0 saturated heterocycles. The van der Waals surface area contributed by atoms with E-state index in [1.54, 1.807) is 11.6 Å². The lowest BCUT2D eigenvalue weighted by molar-refractivity contribution is -0.124. The molecular weight excluding hydrogens is 414 g/mol. The molecule has 4 N–H and O–H groups in total. The molecule has 6 heteroatoms. The summed E-state index contributed by atoms with van der Waals surface area (Å²) in [7, 11) is 0. The molecule has 1 heterocycles. The largest absolute Gasteiger partial charge is 0.489 e. The van der Waals surface area contributed by atoms with Crippen LogP contribution < -0.4 is 15.5 Å². The molecule has 0 aliphatic rings. The summed E-state index contributed by atoms with van der Waals surface area (Å²) in [5.74, 6) is 0.318. The van der Waals surface area contributed by atoms with E-state index in [2.05, 4.69) is 40.8 Å². The number of hydrogen-bond donors (Lipinski definition) is 4. The summed E-state index contributed by atoms with van der Waals surface area (Å²) in [5.41, 5.74) is 7.14. The second kappa shape index (κ2) is 11.1. The number of carbonyl (C=O) groups excluding carboxylic acids is 1. The molecule has 3 aromatic carbocycles. The Labute approximate surface area is 192 Å². The number of nitrogens with one attached hydrogen (secondary N) is 3. The number of aromatic amines is 1. The maximum Gasteiger partial charge on any atom is 0.267 e. The minimum Gasteiger partial charge on any atom is -0.489 e. The van der Waals surface area contributed by atoms with Crippen molar-refractivity contribution in [3.05, 3.63) is 107 Å². The van der Waals surface area contributed by atoms with Crippen molar-refractivity contribution in [2.24, 2.45) is 0 Å². The summed E-state index contributed by atoms with van der Waals surface area (Å²) in [6.45, 7) is 2.16. The number of hydrogen-bond acceptors (Lipinski definition) is 4. The number of rotatable bonds is 10. The molecule has 0 saturated carbocycles. The van der Waals surface area contributed by atoms with E-state index in [-0.39, 0.29) is 0 Å². The Morgan fingerprint density at radius 3 is 2.61 bits per heavy atom. The molecule has 1 aromatic heterocycles. The number of benzene rings is 3. The molecule has 0 unspecified atom stereocenters. The summed E-state index contributed by atoms with van der Waals surface area (Å²) in [6.07, 6.45) is 5.90. The van der Waals surface area contributed by atoms with Crippen molar-refractivity contribution in [3.8, 4) is 5.75 Å². The first-order valence-corrected chi connectivity index (χ1v) is 10.9. The Morgan fingerprint density at radius 1 is 1.00 bits per heavy atom. The minimum atomic E-state index is -0.548. The van der Waals surface area contributed by atoms with Gasteiger partial charge in [0.2, 0.25) is 0 Å². The van der Waals surface area contributed by atoms with Gasteiger partial charge in [-0.3, -0.25) is 10.0 Å². The lowest BCUT2D eigenvalue weighted by Crippen LogP contribution is -2.16. The lowest BCUT2D eigenvalue weighted by atomic mass is 10.1. The van der Waals surface area contributed by atoms with Gasteiger partial charge in [-0.2, -0.15) is 0 Å². The summed E-state index contributed by atoms with van der Waals surface area (Å²) in [6, 6.07) is 24.2. The summed E-state index contributed by atoms with van der Waals surface area (Å²) < 4.78 is 5.99. The maximum absolute atomic E-state index is 11.0. The average molecular weight is 442 g/mol. The van der Waals surface area contributed by atoms with Gasteiger partial charge in [0.1, 0.15) is 12.4 Å². The SMILES string of the molecule is O=C(/C=C/c1ccc(CNCCc2c[nH]c3ccc(OCc4ccccc4)cc23)cc1)NO. The topological polar surface area (TPSA) is 86.4 Å². The zero-order valence-corrected chi connectivity index (χ0v) is 18.3. The number of aromatic nitrogens is 1. The van der Waals surface area contributed by atoms with Crippen LogP contribution in [-0.2, 0) is 24.4 Å². The normalized spacial score (nSPS) is 11.2. The van der Waals surface area contributed by atoms with Crippen molar-refractivity contribution in [2.75, 3.05) is 6.54 Å². The van der Waals surface area contributed by atoms with Crippen molar-refractivity contribution in [1.29, 1.82) is 0 Å². The van der Waals surface area contributed by atoms with Gasteiger partial charge < -0.3 is 15.0 Å². The highest BCUT2D eigenvalue weighted by Crippen LogP contribution is 2.24. The third-order valence-electron chi connectivity index (χ3n) is 5.40. The van der Waals surface area contributed by atoms with E-state index in [0.29, 0.717) is 6.61 Å². The monoisotopic (exact) mass is 441 g/mol. The second-order valence-electron chi connectivity index (χ2n) is 7.77. The van der Waals surface area contributed by atoms with E-state index in [4.69, 9.17) is 9.94 Å². The Balaban J connectivity index is 1.28. The summed E-state index contributed by atoms with van der Waals surface area (Å²) in [4.78, 5) is 14.4. The minimum absolute atomic E-state index is 0.548. The molecule has 6 nitrogen and oxygen atoms in total. The molecule has 0 aliphatic carbocycles. The van der Waals surface area contributed by atoms with Gasteiger partial charge in [0, 0.05) is 29.7 Å². The molecule has 0 fully saturated rings. The van der Waals surface area contributed by atoms with Gasteiger partial charge in [0.15, 0.2) is 0 Å². The van der Waals surface area contributed by atoms with Gasteiger partial charge >= 0.3 is 0 Å². The lowest BCUT2D eigenvalue weighted by Gasteiger charge is -2.08. The van der Waals surface area contributed by atoms with Crippen LogP contribution in [0.5, 0.6) is 5.75 Å². The molecule has 33 heavy (non-hydrogen) atoms. The van der Waals surface area contributed by atoms with Crippen molar-refractivity contribution in [2.45, 2.75) is 19.6 Å². The van der Waals surface area contributed by atoms with Crippen LogP contribution in [0, 0.1) is 0 Å². The number of carbonyl (C=O) groups is 1. The van der Waals surface area contributed by atoms with Gasteiger partial charge in [0.05, 0.1) is 0 Å². The highest BCUT2D eigenvalue weighted by Gasteiger charge is 2.06. The van der Waals surface area contributed by atoms with Gasteiger partial charge in [-0.1, -0.05) is 54.6 Å². The van der Waals surface area contributed by atoms with Gasteiger partial charge in [-0.25, -0.2) is 5.48 Å². The van der Waals surface area contributed by atoms with Crippen molar-refractivity contribution >= 4 is 22.9 Å². The molecular formula is C27H27N3O3. The summed E-state index contributed by atoms with van der Waals surface area (Å²) >= 11 is 0. The van der Waals surface area contributed by atoms with Crippen LogP contribution in [0.4, 0.5) is 0 Å². The van der Waals surface area contributed by atoms with Crippen molar-refractivity contribution in [3.63, 3.8) is 0 Å². The number of ether oxygens (including phenoxy) is 1. The number of hydroxylamine groups is 1. The molecule has 0 aliphatic heterocycles. The fourth-order valence-electron chi connectivity index (χ4n) is 3.61. The fourth-order valence-corrected chi connectivity index (χ4v) is 3.61. The zero-order valence-electron chi connectivity index (χ0n) is 18.3. The first-order valence-electron chi connectivity index (χ1n) is 10.9. The van der Waals surface area contributed by atoms with Crippen LogP contribution in [0.3, 0.4) is 0 Å². The fraction of sp³-hybridized carbons (Fsp3) is 0.148. The standard InChI is InChI=1S/C27H27N3O3/c31-27(30-32)13-10-20-6-8-21(9-7-20)17-28-15-14-23-18-29-26-12-11-24(16-25(23)26)33-19-22-4-2-1-3-5-22/h1-13,16,18,28-29,32H,14-15,17,19H2,(H,30,31)/b13-10+. The van der Waals surface area contributed by atoms with Crippen LogP contribution in [0.1, 0.15) is 22.3 Å². The summed E-state index contributed by atoms with van der Waals surface area (Å²) in [5, 5.41) is 13.2. The zero-order chi connectivity index (χ0) is 22.9. The third kappa shape index (κ3) is 6.32. The molecule has 168 valence electrons. The molecule has 0 atom stereocenters. The molecule has 4 rings (SSSR count). The van der Waals surface area contributed by atoms with Crippen LogP contribution >= 0.6 is 0 Å². The molecule has 0 radical (unpaired) electrons. The quantitative estimate of drug-likeness (QED) is 0.125.